The number of nitrogens with one attached hydrogen (secondary N) is 1. The van der Waals surface area contributed by atoms with E-state index in [1.54, 1.807) is 0 Å². The summed E-state index contributed by atoms with van der Waals surface area (Å²) < 4.78 is 4.92. The lowest BCUT2D eigenvalue weighted by Gasteiger charge is -2.22. The Morgan fingerprint density at radius 1 is 1.14 bits per heavy atom. The molecule has 1 saturated carbocycles. The zero-order valence-electron chi connectivity index (χ0n) is 13.4. The molecule has 1 aliphatic carbocycles. The van der Waals surface area contributed by atoms with Gasteiger partial charge < -0.3 is 10.1 Å². The Labute approximate surface area is 132 Å². The molecule has 0 bridgehead atoms. The summed E-state index contributed by atoms with van der Waals surface area (Å²) in [6, 6.07) is 7.76. The maximum atomic E-state index is 12.0. The van der Waals surface area contributed by atoms with Crippen molar-refractivity contribution >= 4 is 11.9 Å². The number of amides is 1. The van der Waals surface area contributed by atoms with Gasteiger partial charge in [-0.05, 0) is 38.2 Å². The number of rotatable bonds is 5. The van der Waals surface area contributed by atoms with Crippen LogP contribution in [0.1, 0.15) is 67.8 Å². The van der Waals surface area contributed by atoms with Crippen molar-refractivity contribution in [2.24, 2.45) is 0 Å². The minimum Gasteiger partial charge on any atom is -0.441 e. The molecule has 0 radical (unpaired) electrons. The quantitative estimate of drug-likeness (QED) is 0.835. The fourth-order valence-corrected chi connectivity index (χ4v) is 2.87. The van der Waals surface area contributed by atoms with Gasteiger partial charge in [0.15, 0.2) is 12.4 Å². The Balaban J connectivity index is 1.86. The van der Waals surface area contributed by atoms with Gasteiger partial charge in [-0.15, -0.1) is 0 Å². The lowest BCUT2D eigenvalue weighted by Crippen LogP contribution is -2.32. The van der Waals surface area contributed by atoms with Crippen molar-refractivity contribution in [2.45, 2.75) is 57.9 Å². The summed E-state index contributed by atoms with van der Waals surface area (Å²) in [5.41, 5.74) is 1.91. The number of carbonyl (C=O) groups is 2. The Kier molecular flexibility index (Phi) is 5.99. The van der Waals surface area contributed by atoms with Crippen LogP contribution in [0.3, 0.4) is 0 Å². The summed E-state index contributed by atoms with van der Waals surface area (Å²) in [4.78, 5) is 23.4. The first-order valence-electron chi connectivity index (χ1n) is 8.12. The van der Waals surface area contributed by atoms with E-state index in [-0.39, 0.29) is 18.4 Å². The van der Waals surface area contributed by atoms with E-state index in [1.807, 2.05) is 38.1 Å². The van der Waals surface area contributed by atoms with E-state index < -0.39 is 6.09 Å². The third kappa shape index (κ3) is 4.86. The van der Waals surface area contributed by atoms with E-state index >= 15 is 0 Å². The van der Waals surface area contributed by atoms with Crippen molar-refractivity contribution in [2.75, 3.05) is 6.61 Å². The third-order valence-electron chi connectivity index (χ3n) is 4.05. The Morgan fingerprint density at radius 3 is 2.36 bits per heavy atom. The summed E-state index contributed by atoms with van der Waals surface area (Å²) in [5.74, 6) is 0.458. The number of benzene rings is 1. The minimum atomic E-state index is -0.554. The molecule has 1 N–H and O–H groups in total. The van der Waals surface area contributed by atoms with Gasteiger partial charge in [-0.3, -0.25) is 4.79 Å². The standard InChI is InChI=1S/C18H25NO3/c1-13(2)19-18(21)22-12-17(20)16-10-8-15(9-11-16)14-6-4-3-5-7-14/h8-11,13-14H,3-7,12H2,1-2H3,(H,19,21). The fraction of sp³-hybridized carbons (Fsp3) is 0.556. The highest BCUT2D eigenvalue weighted by Crippen LogP contribution is 2.32. The molecular weight excluding hydrogens is 278 g/mol. The van der Waals surface area contributed by atoms with Gasteiger partial charge in [0.1, 0.15) is 0 Å². The maximum Gasteiger partial charge on any atom is 0.407 e. The Hall–Kier alpha value is -1.84. The Morgan fingerprint density at radius 2 is 1.77 bits per heavy atom. The maximum absolute atomic E-state index is 12.0. The molecule has 0 atom stereocenters. The van der Waals surface area contributed by atoms with E-state index in [0.29, 0.717) is 11.5 Å². The predicted octanol–water partition coefficient (Wildman–Crippen LogP) is 4.05. The smallest absolute Gasteiger partial charge is 0.407 e. The third-order valence-corrected chi connectivity index (χ3v) is 4.05. The van der Waals surface area contributed by atoms with Crippen molar-refractivity contribution in [3.63, 3.8) is 0 Å². The second kappa shape index (κ2) is 7.97. The van der Waals surface area contributed by atoms with Gasteiger partial charge in [0, 0.05) is 11.6 Å². The van der Waals surface area contributed by atoms with Crippen LogP contribution in [0.15, 0.2) is 24.3 Å². The van der Waals surface area contributed by atoms with Crippen LogP contribution < -0.4 is 5.32 Å². The van der Waals surface area contributed by atoms with E-state index in [0.717, 1.165) is 0 Å². The lowest BCUT2D eigenvalue weighted by molar-refractivity contribution is 0.0840. The van der Waals surface area contributed by atoms with Gasteiger partial charge in [0.05, 0.1) is 0 Å². The second-order valence-electron chi connectivity index (χ2n) is 6.26. The van der Waals surface area contributed by atoms with E-state index in [1.165, 1.54) is 37.7 Å². The highest BCUT2D eigenvalue weighted by molar-refractivity contribution is 5.97. The molecule has 0 aromatic heterocycles. The number of Topliss-reactive ketones (excluding diaryl/α,β-unsaturated/α-hetero) is 1. The van der Waals surface area contributed by atoms with Crippen LogP contribution in [-0.2, 0) is 4.74 Å². The van der Waals surface area contributed by atoms with Crippen LogP contribution in [0, 0.1) is 0 Å². The molecule has 1 aliphatic rings. The number of carbonyl (C=O) groups excluding carboxylic acids is 2. The summed E-state index contributed by atoms with van der Waals surface area (Å²) in [5, 5.41) is 2.59. The van der Waals surface area contributed by atoms with Crippen LogP contribution >= 0.6 is 0 Å². The van der Waals surface area contributed by atoms with Gasteiger partial charge in [0.25, 0.3) is 0 Å². The van der Waals surface area contributed by atoms with Gasteiger partial charge in [-0.1, -0.05) is 43.5 Å². The van der Waals surface area contributed by atoms with Crippen LogP contribution in [0.5, 0.6) is 0 Å². The SMILES string of the molecule is CC(C)NC(=O)OCC(=O)c1ccc(C2CCCCC2)cc1. The van der Waals surface area contributed by atoms with Crippen molar-refractivity contribution in [3.8, 4) is 0 Å². The zero-order chi connectivity index (χ0) is 15.9. The molecule has 0 spiro atoms. The van der Waals surface area contributed by atoms with Gasteiger partial charge in [0.2, 0.25) is 0 Å². The average molecular weight is 303 g/mol. The summed E-state index contributed by atoms with van der Waals surface area (Å²) in [6.45, 7) is 3.46. The van der Waals surface area contributed by atoms with Gasteiger partial charge >= 0.3 is 6.09 Å². The normalized spacial score (nSPS) is 15.6. The van der Waals surface area contributed by atoms with Crippen LogP contribution in [0.2, 0.25) is 0 Å². The van der Waals surface area contributed by atoms with E-state index in [2.05, 4.69) is 5.32 Å². The average Bonchev–Trinajstić information content (AvgIpc) is 2.53. The molecule has 2 rings (SSSR count). The highest BCUT2D eigenvalue weighted by atomic mass is 16.6. The molecule has 1 aromatic carbocycles. The number of hydrogen-bond donors (Lipinski definition) is 1. The first-order valence-corrected chi connectivity index (χ1v) is 8.12. The van der Waals surface area contributed by atoms with Crippen LogP contribution in [-0.4, -0.2) is 24.5 Å². The Bertz CT molecular complexity index is 502. The first kappa shape index (κ1) is 16.5. The fourth-order valence-electron chi connectivity index (χ4n) is 2.87. The monoisotopic (exact) mass is 303 g/mol. The van der Waals surface area contributed by atoms with Crippen molar-refractivity contribution in [3.05, 3.63) is 35.4 Å². The van der Waals surface area contributed by atoms with Crippen molar-refractivity contribution < 1.29 is 14.3 Å². The lowest BCUT2D eigenvalue weighted by atomic mass is 9.84. The van der Waals surface area contributed by atoms with Crippen molar-refractivity contribution in [1.29, 1.82) is 0 Å². The molecule has 1 fully saturated rings. The summed E-state index contributed by atoms with van der Waals surface area (Å²) in [7, 11) is 0. The largest absolute Gasteiger partial charge is 0.441 e. The minimum absolute atomic E-state index is 0.00243. The van der Waals surface area contributed by atoms with Gasteiger partial charge in [-0.2, -0.15) is 0 Å². The number of hydrogen-bond acceptors (Lipinski definition) is 3. The zero-order valence-corrected chi connectivity index (χ0v) is 13.4. The molecule has 1 amide bonds. The van der Waals surface area contributed by atoms with Crippen LogP contribution in [0.4, 0.5) is 4.79 Å². The molecule has 4 nitrogen and oxygen atoms in total. The number of ether oxygens (including phenoxy) is 1. The summed E-state index contributed by atoms with van der Waals surface area (Å²) in [6.07, 6.45) is 5.86. The molecule has 0 aliphatic heterocycles. The molecule has 0 unspecified atom stereocenters. The second-order valence-corrected chi connectivity index (χ2v) is 6.26. The molecular formula is C18H25NO3. The predicted molar refractivity (Wildman–Crippen MR) is 86.2 cm³/mol. The van der Waals surface area contributed by atoms with E-state index in [9.17, 15) is 9.59 Å². The highest BCUT2D eigenvalue weighted by Gasteiger charge is 2.16. The summed E-state index contributed by atoms with van der Waals surface area (Å²) >= 11 is 0. The molecule has 0 heterocycles. The first-order chi connectivity index (χ1) is 10.6. The van der Waals surface area contributed by atoms with Gasteiger partial charge in [-0.25, -0.2) is 4.79 Å². The van der Waals surface area contributed by atoms with E-state index in [4.69, 9.17) is 4.74 Å². The van der Waals surface area contributed by atoms with Crippen LogP contribution in [0.25, 0.3) is 0 Å². The topological polar surface area (TPSA) is 55.4 Å². The number of ketones is 1. The number of alkyl carbamates (subject to hydrolysis) is 1. The molecule has 120 valence electrons. The molecule has 4 heteroatoms. The molecule has 22 heavy (non-hydrogen) atoms. The molecule has 0 saturated heterocycles. The molecule has 1 aromatic rings. The van der Waals surface area contributed by atoms with Crippen molar-refractivity contribution in [1.82, 2.24) is 5.32 Å².